The van der Waals surface area contributed by atoms with Crippen LogP contribution in [0.2, 0.25) is 0 Å². The van der Waals surface area contributed by atoms with Gasteiger partial charge >= 0.3 is 0 Å². The number of benzene rings is 1. The Morgan fingerprint density at radius 1 is 1.16 bits per heavy atom. The molecule has 1 aliphatic rings. The van der Waals surface area contributed by atoms with E-state index in [0.29, 0.717) is 12.8 Å². The lowest BCUT2D eigenvalue weighted by Gasteiger charge is -2.39. The van der Waals surface area contributed by atoms with E-state index < -0.39 is 12.1 Å². The largest absolute Gasteiger partial charge is 0.342 e. The number of nitrogens with zero attached hydrogens (tertiary/aromatic N) is 1. The Kier molecular flexibility index (Phi) is 3.88. The van der Waals surface area contributed by atoms with Crippen molar-refractivity contribution >= 4 is 17.5 Å². The van der Waals surface area contributed by atoms with Crippen molar-refractivity contribution in [2.75, 3.05) is 4.90 Å². The summed E-state index contributed by atoms with van der Waals surface area (Å²) in [6.45, 7) is 5.79. The van der Waals surface area contributed by atoms with Crippen LogP contribution >= 0.6 is 0 Å². The predicted octanol–water partition coefficient (Wildman–Crippen LogP) is 2.02. The van der Waals surface area contributed by atoms with Crippen LogP contribution in [0, 0.1) is 6.92 Å². The van der Waals surface area contributed by atoms with Crippen molar-refractivity contribution < 1.29 is 9.59 Å². The number of nitrogens with one attached hydrogen (secondary N) is 1. The fraction of sp³-hybridized carbons (Fsp3) is 0.467. The summed E-state index contributed by atoms with van der Waals surface area (Å²) in [5.74, 6) is -0.0690. The Hall–Kier alpha value is -1.84. The molecule has 2 amide bonds. The minimum Gasteiger partial charge on any atom is -0.342 e. The smallest absolute Gasteiger partial charge is 0.250 e. The highest BCUT2D eigenvalue weighted by molar-refractivity contribution is 6.08. The fourth-order valence-electron chi connectivity index (χ4n) is 2.53. The van der Waals surface area contributed by atoms with Gasteiger partial charge in [0.2, 0.25) is 11.8 Å². The van der Waals surface area contributed by atoms with Gasteiger partial charge in [0.05, 0.1) is 0 Å². The lowest BCUT2D eigenvalue weighted by atomic mass is 10.0. The van der Waals surface area contributed by atoms with E-state index in [9.17, 15) is 9.59 Å². The summed E-state index contributed by atoms with van der Waals surface area (Å²) in [6, 6.07) is 6.89. The van der Waals surface area contributed by atoms with E-state index in [4.69, 9.17) is 0 Å². The van der Waals surface area contributed by atoms with Gasteiger partial charge in [0.25, 0.3) is 0 Å². The van der Waals surface area contributed by atoms with Crippen molar-refractivity contribution in [2.24, 2.45) is 0 Å². The van der Waals surface area contributed by atoms with E-state index >= 15 is 0 Å². The molecular formula is C15H20N2O2. The third-order valence-corrected chi connectivity index (χ3v) is 3.64. The number of aryl methyl sites for hydroxylation is 1. The Bertz CT molecular complexity index is 499. The van der Waals surface area contributed by atoms with Crippen molar-refractivity contribution in [3.63, 3.8) is 0 Å². The number of carbonyl (C=O) groups is 2. The van der Waals surface area contributed by atoms with Crippen molar-refractivity contribution in [1.82, 2.24) is 5.32 Å². The number of anilines is 1. The number of hydrogen-bond donors (Lipinski definition) is 1. The Morgan fingerprint density at radius 3 is 2.42 bits per heavy atom. The molecule has 1 fully saturated rings. The topological polar surface area (TPSA) is 49.4 Å². The van der Waals surface area contributed by atoms with Gasteiger partial charge in [0.1, 0.15) is 12.1 Å². The molecule has 0 saturated carbocycles. The molecule has 0 spiro atoms. The van der Waals surface area contributed by atoms with Crippen LogP contribution in [0.15, 0.2) is 24.3 Å². The van der Waals surface area contributed by atoms with Crippen molar-refractivity contribution in [3.8, 4) is 0 Å². The lowest BCUT2D eigenvalue weighted by Crippen LogP contribution is -2.63. The first-order valence-electron chi connectivity index (χ1n) is 6.79. The summed E-state index contributed by atoms with van der Waals surface area (Å²) in [7, 11) is 0. The molecule has 1 aromatic rings. The minimum absolute atomic E-state index is 0.0109. The van der Waals surface area contributed by atoms with Crippen LogP contribution in [0.4, 0.5) is 5.69 Å². The number of para-hydroxylation sites is 1. The summed E-state index contributed by atoms with van der Waals surface area (Å²) in [5.41, 5.74) is 1.85. The molecule has 0 aromatic heterocycles. The van der Waals surface area contributed by atoms with E-state index in [1.165, 1.54) is 0 Å². The van der Waals surface area contributed by atoms with Gasteiger partial charge in [-0.05, 0) is 31.4 Å². The quantitative estimate of drug-likeness (QED) is 0.904. The summed E-state index contributed by atoms with van der Waals surface area (Å²) in [6.07, 6.45) is 1.23. The molecule has 1 N–H and O–H groups in total. The monoisotopic (exact) mass is 260 g/mol. The molecule has 2 atom stereocenters. The number of rotatable bonds is 3. The fourth-order valence-corrected chi connectivity index (χ4v) is 2.53. The SMILES string of the molecule is CCC1NC(=O)C(CC)N(c2ccccc2C)C1=O. The van der Waals surface area contributed by atoms with Crippen LogP contribution < -0.4 is 10.2 Å². The molecule has 4 nitrogen and oxygen atoms in total. The molecule has 1 aliphatic heterocycles. The van der Waals surface area contributed by atoms with Gasteiger partial charge in [-0.1, -0.05) is 32.0 Å². The maximum absolute atomic E-state index is 12.5. The molecule has 2 rings (SSSR count). The van der Waals surface area contributed by atoms with E-state index in [1.54, 1.807) is 4.90 Å². The van der Waals surface area contributed by atoms with Gasteiger partial charge < -0.3 is 5.32 Å². The average Bonchev–Trinajstić information content (AvgIpc) is 2.41. The van der Waals surface area contributed by atoms with Gasteiger partial charge in [-0.3, -0.25) is 14.5 Å². The number of carbonyl (C=O) groups excluding carboxylic acids is 2. The normalized spacial score (nSPS) is 23.4. The second-order valence-corrected chi connectivity index (χ2v) is 4.89. The molecule has 0 bridgehead atoms. The standard InChI is InChI=1S/C15H20N2O2/c1-4-11-15(19)17(12(5-2)14(18)16-11)13-9-7-6-8-10(13)3/h6-9,11-12H,4-5H2,1-3H3,(H,16,18). The maximum atomic E-state index is 12.5. The molecule has 102 valence electrons. The zero-order valence-electron chi connectivity index (χ0n) is 11.6. The summed E-state index contributed by atoms with van der Waals surface area (Å²) >= 11 is 0. The van der Waals surface area contributed by atoms with Crippen LogP contribution in [0.5, 0.6) is 0 Å². The first-order valence-corrected chi connectivity index (χ1v) is 6.79. The van der Waals surface area contributed by atoms with Crippen molar-refractivity contribution in [2.45, 2.75) is 45.7 Å². The van der Waals surface area contributed by atoms with Crippen molar-refractivity contribution in [1.29, 1.82) is 0 Å². The van der Waals surface area contributed by atoms with Gasteiger partial charge in [-0.2, -0.15) is 0 Å². The second-order valence-electron chi connectivity index (χ2n) is 4.89. The Morgan fingerprint density at radius 2 is 1.84 bits per heavy atom. The minimum atomic E-state index is -0.407. The highest BCUT2D eigenvalue weighted by Crippen LogP contribution is 2.26. The first kappa shape index (κ1) is 13.6. The summed E-state index contributed by atoms with van der Waals surface area (Å²) in [4.78, 5) is 26.3. The molecule has 1 aromatic carbocycles. The van der Waals surface area contributed by atoms with E-state index in [0.717, 1.165) is 11.3 Å². The Labute approximate surface area is 113 Å². The van der Waals surface area contributed by atoms with Crippen LogP contribution in [-0.4, -0.2) is 23.9 Å². The molecule has 0 aliphatic carbocycles. The molecule has 1 saturated heterocycles. The molecule has 19 heavy (non-hydrogen) atoms. The number of piperazine rings is 1. The number of amides is 2. The van der Waals surface area contributed by atoms with Crippen LogP contribution in [0.1, 0.15) is 32.3 Å². The second kappa shape index (κ2) is 5.43. The van der Waals surface area contributed by atoms with Crippen LogP contribution in [-0.2, 0) is 9.59 Å². The predicted molar refractivity (Wildman–Crippen MR) is 75.0 cm³/mol. The molecule has 1 heterocycles. The molecule has 0 radical (unpaired) electrons. The zero-order valence-corrected chi connectivity index (χ0v) is 11.6. The van der Waals surface area contributed by atoms with Gasteiger partial charge in [0, 0.05) is 5.69 Å². The zero-order chi connectivity index (χ0) is 14.0. The van der Waals surface area contributed by atoms with Crippen LogP contribution in [0.25, 0.3) is 0 Å². The van der Waals surface area contributed by atoms with Gasteiger partial charge in [-0.25, -0.2) is 0 Å². The van der Waals surface area contributed by atoms with E-state index in [2.05, 4.69) is 5.32 Å². The third kappa shape index (κ3) is 2.35. The number of hydrogen-bond acceptors (Lipinski definition) is 2. The van der Waals surface area contributed by atoms with Gasteiger partial charge in [0.15, 0.2) is 0 Å². The molecule has 4 heteroatoms. The molecular weight excluding hydrogens is 240 g/mol. The molecule has 2 unspecified atom stereocenters. The maximum Gasteiger partial charge on any atom is 0.250 e. The average molecular weight is 260 g/mol. The highest BCUT2D eigenvalue weighted by atomic mass is 16.2. The van der Waals surface area contributed by atoms with Crippen LogP contribution in [0.3, 0.4) is 0 Å². The Balaban J connectivity index is 2.46. The van der Waals surface area contributed by atoms with E-state index in [-0.39, 0.29) is 11.8 Å². The van der Waals surface area contributed by atoms with Gasteiger partial charge in [-0.15, -0.1) is 0 Å². The summed E-state index contributed by atoms with van der Waals surface area (Å²) < 4.78 is 0. The highest BCUT2D eigenvalue weighted by Gasteiger charge is 2.39. The van der Waals surface area contributed by atoms with E-state index in [1.807, 2.05) is 45.0 Å². The first-order chi connectivity index (χ1) is 9.10. The third-order valence-electron chi connectivity index (χ3n) is 3.64. The van der Waals surface area contributed by atoms with Crippen molar-refractivity contribution in [3.05, 3.63) is 29.8 Å². The lowest BCUT2D eigenvalue weighted by molar-refractivity contribution is -0.134. The summed E-state index contributed by atoms with van der Waals surface area (Å²) in [5, 5.41) is 2.81.